The second kappa shape index (κ2) is 9.89. The molecular formula is C22H27NO5S. The predicted molar refractivity (Wildman–Crippen MR) is 114 cm³/mol. The highest BCUT2D eigenvalue weighted by Gasteiger charge is 2.30. The van der Waals surface area contributed by atoms with Gasteiger partial charge in [-0.1, -0.05) is 32.0 Å². The van der Waals surface area contributed by atoms with Gasteiger partial charge in [0, 0.05) is 5.75 Å². The molecule has 1 saturated heterocycles. The summed E-state index contributed by atoms with van der Waals surface area (Å²) in [7, 11) is 1.59. The van der Waals surface area contributed by atoms with Crippen LogP contribution >= 0.6 is 11.8 Å². The first-order chi connectivity index (χ1) is 14.0. The molecule has 7 heteroatoms. The highest BCUT2D eigenvalue weighted by atomic mass is 32.2. The Bertz CT molecular complexity index is 824. The molecule has 1 heterocycles. The highest BCUT2D eigenvalue weighted by molar-refractivity contribution is 7.99. The van der Waals surface area contributed by atoms with Crippen molar-refractivity contribution in [3.8, 4) is 17.2 Å². The van der Waals surface area contributed by atoms with E-state index in [0.29, 0.717) is 36.4 Å². The third-order valence-corrected chi connectivity index (χ3v) is 5.99. The van der Waals surface area contributed by atoms with Crippen LogP contribution in [-0.2, 0) is 4.79 Å². The molecule has 2 aromatic rings. The molecule has 29 heavy (non-hydrogen) atoms. The normalized spacial score (nSPS) is 18.6. The topological polar surface area (TPSA) is 77.0 Å². The van der Waals surface area contributed by atoms with E-state index in [0.717, 1.165) is 11.3 Å². The third-order valence-electron chi connectivity index (χ3n) is 4.73. The lowest BCUT2D eigenvalue weighted by Crippen LogP contribution is -2.33. The van der Waals surface area contributed by atoms with E-state index in [4.69, 9.17) is 19.3 Å². The quantitative estimate of drug-likeness (QED) is 0.596. The Balaban J connectivity index is 1.56. The minimum atomic E-state index is -0.830. The number of hydrogen-bond acceptors (Lipinski definition) is 6. The zero-order chi connectivity index (χ0) is 20.8. The fraction of sp³-hybridized carbons (Fsp3) is 0.409. The lowest BCUT2D eigenvalue weighted by atomic mass is 10.0. The van der Waals surface area contributed by atoms with Crippen molar-refractivity contribution in [2.24, 2.45) is 0 Å². The largest absolute Gasteiger partial charge is 0.493 e. The van der Waals surface area contributed by atoms with Gasteiger partial charge in [-0.05, 0) is 41.3 Å². The van der Waals surface area contributed by atoms with Crippen LogP contribution in [0.15, 0.2) is 42.5 Å². The van der Waals surface area contributed by atoms with Gasteiger partial charge in [0.25, 0.3) is 0 Å². The number of hydrogen-bond donors (Lipinski definition) is 2. The van der Waals surface area contributed by atoms with Crippen LogP contribution in [0, 0.1) is 0 Å². The number of benzene rings is 2. The predicted octanol–water partition coefficient (Wildman–Crippen LogP) is 4.06. The van der Waals surface area contributed by atoms with E-state index in [2.05, 4.69) is 31.3 Å². The van der Waals surface area contributed by atoms with Crippen LogP contribution < -0.4 is 19.5 Å². The van der Waals surface area contributed by atoms with Gasteiger partial charge in [0.2, 0.25) is 0 Å². The number of aliphatic carboxylic acids is 1. The van der Waals surface area contributed by atoms with Gasteiger partial charge in [0.05, 0.1) is 12.5 Å². The molecule has 6 nitrogen and oxygen atoms in total. The summed E-state index contributed by atoms with van der Waals surface area (Å²) in [5.74, 6) is 2.25. The summed E-state index contributed by atoms with van der Waals surface area (Å²) in [5.41, 5.74) is 2.23. The Morgan fingerprint density at radius 1 is 1.14 bits per heavy atom. The van der Waals surface area contributed by atoms with Gasteiger partial charge in [-0.2, -0.15) is 0 Å². The second-order valence-corrected chi connectivity index (χ2v) is 8.24. The molecule has 0 aromatic heterocycles. The standard InChI is InChI=1S/C22H27NO5S/c1-14(2)15-4-7-17(8-5-15)27-10-11-28-20-12-16(6-9-19(20)26-3)21-23-18(13-29-21)22(24)25/h4-9,12,14,18,21,23H,10-11,13H2,1-3H3,(H,24,25). The molecule has 156 valence electrons. The maximum atomic E-state index is 11.2. The number of carboxylic acid groups (broad SMARTS) is 1. The van der Waals surface area contributed by atoms with Crippen molar-refractivity contribution in [2.45, 2.75) is 31.2 Å². The molecule has 0 radical (unpaired) electrons. The van der Waals surface area contributed by atoms with E-state index in [-0.39, 0.29) is 5.37 Å². The van der Waals surface area contributed by atoms with Gasteiger partial charge in [0.1, 0.15) is 25.0 Å². The van der Waals surface area contributed by atoms with Gasteiger partial charge in [0.15, 0.2) is 11.5 Å². The van der Waals surface area contributed by atoms with E-state index in [1.807, 2.05) is 30.3 Å². The van der Waals surface area contributed by atoms with Crippen LogP contribution in [0.4, 0.5) is 0 Å². The third kappa shape index (κ3) is 5.58. The van der Waals surface area contributed by atoms with Crippen molar-refractivity contribution in [1.29, 1.82) is 0 Å². The SMILES string of the molecule is COc1ccc(C2NC(C(=O)O)CS2)cc1OCCOc1ccc(C(C)C)cc1. The summed E-state index contributed by atoms with van der Waals surface area (Å²) in [5, 5.41) is 12.2. The lowest BCUT2D eigenvalue weighted by molar-refractivity contribution is -0.138. The van der Waals surface area contributed by atoms with E-state index in [9.17, 15) is 4.79 Å². The van der Waals surface area contributed by atoms with Gasteiger partial charge < -0.3 is 19.3 Å². The van der Waals surface area contributed by atoms with Crippen molar-refractivity contribution in [3.05, 3.63) is 53.6 Å². The molecule has 1 fully saturated rings. The number of rotatable bonds is 9. The average molecular weight is 418 g/mol. The van der Waals surface area contributed by atoms with E-state index in [1.54, 1.807) is 18.9 Å². The summed E-state index contributed by atoms with van der Waals surface area (Å²) >= 11 is 1.57. The fourth-order valence-corrected chi connectivity index (χ4v) is 4.26. The Kier molecular flexibility index (Phi) is 7.28. The van der Waals surface area contributed by atoms with E-state index < -0.39 is 12.0 Å². The Hall–Kier alpha value is -2.38. The summed E-state index contributed by atoms with van der Waals surface area (Å²) in [4.78, 5) is 11.2. The zero-order valence-electron chi connectivity index (χ0n) is 16.9. The molecule has 3 rings (SSSR count). The van der Waals surface area contributed by atoms with Crippen LogP contribution in [0.25, 0.3) is 0 Å². The molecule has 0 saturated carbocycles. The number of carboxylic acids is 1. The monoisotopic (exact) mass is 417 g/mol. The number of ether oxygens (including phenoxy) is 3. The van der Waals surface area contributed by atoms with Gasteiger partial charge in [-0.3, -0.25) is 10.1 Å². The van der Waals surface area contributed by atoms with Gasteiger partial charge in [-0.15, -0.1) is 11.8 Å². The first-order valence-electron chi connectivity index (χ1n) is 9.62. The summed E-state index contributed by atoms with van der Waals surface area (Å²) in [6.45, 7) is 5.10. The number of carbonyl (C=O) groups is 1. The van der Waals surface area contributed by atoms with Crippen LogP contribution in [0.2, 0.25) is 0 Å². The molecule has 2 unspecified atom stereocenters. The maximum absolute atomic E-state index is 11.2. The Labute approximate surface area is 175 Å². The first kappa shape index (κ1) is 21.3. The first-order valence-corrected chi connectivity index (χ1v) is 10.7. The van der Waals surface area contributed by atoms with E-state index in [1.165, 1.54) is 5.56 Å². The Morgan fingerprint density at radius 3 is 2.48 bits per heavy atom. The maximum Gasteiger partial charge on any atom is 0.321 e. The number of nitrogens with one attached hydrogen (secondary N) is 1. The lowest BCUT2D eigenvalue weighted by Gasteiger charge is -2.16. The number of thioether (sulfide) groups is 1. The zero-order valence-corrected chi connectivity index (χ0v) is 17.7. The number of methoxy groups -OCH3 is 1. The molecule has 0 amide bonds. The van der Waals surface area contributed by atoms with Gasteiger partial charge >= 0.3 is 5.97 Å². The van der Waals surface area contributed by atoms with Crippen LogP contribution in [0.1, 0.15) is 36.3 Å². The minimum absolute atomic E-state index is 0.0833. The smallest absolute Gasteiger partial charge is 0.321 e. The van der Waals surface area contributed by atoms with Crippen LogP contribution in [0.5, 0.6) is 17.2 Å². The minimum Gasteiger partial charge on any atom is -0.493 e. The van der Waals surface area contributed by atoms with Crippen LogP contribution in [-0.4, -0.2) is 43.2 Å². The molecule has 2 atom stereocenters. The fourth-order valence-electron chi connectivity index (χ4n) is 3.04. The van der Waals surface area contributed by atoms with Crippen molar-refractivity contribution in [3.63, 3.8) is 0 Å². The van der Waals surface area contributed by atoms with Crippen molar-refractivity contribution in [2.75, 3.05) is 26.1 Å². The van der Waals surface area contributed by atoms with E-state index >= 15 is 0 Å². The molecule has 0 aliphatic carbocycles. The van der Waals surface area contributed by atoms with Gasteiger partial charge in [-0.25, -0.2) is 0 Å². The van der Waals surface area contributed by atoms with Crippen molar-refractivity contribution in [1.82, 2.24) is 5.32 Å². The van der Waals surface area contributed by atoms with Crippen molar-refractivity contribution < 1.29 is 24.1 Å². The molecule has 0 bridgehead atoms. The Morgan fingerprint density at radius 2 is 1.86 bits per heavy atom. The molecule has 1 aliphatic heterocycles. The molecular weight excluding hydrogens is 390 g/mol. The average Bonchev–Trinajstić information content (AvgIpc) is 3.22. The molecule has 1 aliphatic rings. The highest BCUT2D eigenvalue weighted by Crippen LogP contribution is 2.37. The van der Waals surface area contributed by atoms with Crippen LogP contribution in [0.3, 0.4) is 0 Å². The second-order valence-electron chi connectivity index (χ2n) is 7.10. The molecule has 0 spiro atoms. The summed E-state index contributed by atoms with van der Waals surface area (Å²) < 4.78 is 17.0. The summed E-state index contributed by atoms with van der Waals surface area (Å²) in [6, 6.07) is 13.2. The van der Waals surface area contributed by atoms with Crippen molar-refractivity contribution >= 4 is 17.7 Å². The summed E-state index contributed by atoms with van der Waals surface area (Å²) in [6.07, 6.45) is 0. The molecule has 2 N–H and O–H groups in total. The molecule has 2 aromatic carbocycles.